The third-order valence-corrected chi connectivity index (χ3v) is 4.41. The van der Waals surface area contributed by atoms with E-state index in [0.29, 0.717) is 5.75 Å². The summed E-state index contributed by atoms with van der Waals surface area (Å²) in [6.45, 7) is 5.88. The summed E-state index contributed by atoms with van der Waals surface area (Å²) in [6, 6.07) is 8.15. The van der Waals surface area contributed by atoms with E-state index in [9.17, 15) is 4.79 Å². The Bertz CT molecular complexity index is 430. The highest BCUT2D eigenvalue weighted by Crippen LogP contribution is 2.21. The van der Waals surface area contributed by atoms with E-state index in [4.69, 9.17) is 0 Å². The molecule has 1 aliphatic rings. The first-order valence-electron chi connectivity index (χ1n) is 6.56. The van der Waals surface area contributed by atoms with Crippen molar-refractivity contribution >= 4 is 17.7 Å². The molecule has 19 heavy (non-hydrogen) atoms. The smallest absolute Gasteiger partial charge is 0.244 e. The molecule has 5 heteroatoms. The molecule has 0 atom stereocenters. The lowest BCUT2D eigenvalue weighted by Crippen LogP contribution is -2.52. The molecule has 2 rings (SSSR count). The third kappa shape index (κ3) is 4.53. The number of hydrogen-bond donors (Lipinski definition) is 1. The number of thioether (sulfide) groups is 1. The average molecular weight is 279 g/mol. The molecule has 4 nitrogen and oxygen atoms in total. The zero-order valence-electron chi connectivity index (χ0n) is 11.6. The maximum atomic E-state index is 11.9. The molecular formula is C14H21N3OS. The minimum absolute atomic E-state index is 0.0813. The topological polar surface area (TPSA) is 35.6 Å². The van der Waals surface area contributed by atoms with Crippen LogP contribution in [0.25, 0.3) is 0 Å². The van der Waals surface area contributed by atoms with Gasteiger partial charge in [0.15, 0.2) is 0 Å². The van der Waals surface area contributed by atoms with E-state index in [0.717, 1.165) is 26.2 Å². The van der Waals surface area contributed by atoms with Gasteiger partial charge >= 0.3 is 0 Å². The zero-order valence-corrected chi connectivity index (χ0v) is 12.4. The van der Waals surface area contributed by atoms with Crippen LogP contribution in [0.15, 0.2) is 29.2 Å². The molecule has 104 valence electrons. The Morgan fingerprint density at radius 3 is 2.63 bits per heavy atom. The molecule has 0 radical (unpaired) electrons. The molecule has 1 amide bonds. The second kappa shape index (κ2) is 6.93. The van der Waals surface area contributed by atoms with Crippen LogP contribution in [0.1, 0.15) is 5.56 Å². The number of rotatable bonds is 4. The van der Waals surface area contributed by atoms with Crippen molar-refractivity contribution in [3.8, 4) is 0 Å². The number of carbonyl (C=O) groups is 1. The number of aryl methyl sites for hydroxylation is 1. The Balaban J connectivity index is 1.74. The summed E-state index contributed by atoms with van der Waals surface area (Å²) >= 11 is 1.60. The fourth-order valence-corrected chi connectivity index (χ4v) is 2.81. The summed E-state index contributed by atoms with van der Waals surface area (Å²) in [4.78, 5) is 15.3. The zero-order chi connectivity index (χ0) is 13.7. The van der Waals surface area contributed by atoms with Crippen molar-refractivity contribution in [3.05, 3.63) is 29.8 Å². The Morgan fingerprint density at radius 2 is 1.95 bits per heavy atom. The van der Waals surface area contributed by atoms with Crippen molar-refractivity contribution in [2.24, 2.45) is 0 Å². The summed E-state index contributed by atoms with van der Waals surface area (Å²) in [5, 5.41) is 2.01. The van der Waals surface area contributed by atoms with Gasteiger partial charge in [-0.05, 0) is 25.6 Å². The predicted octanol–water partition coefficient (Wildman–Crippen LogP) is 1.37. The number of hydrazine groups is 1. The predicted molar refractivity (Wildman–Crippen MR) is 79.1 cm³/mol. The molecule has 0 spiro atoms. The number of nitrogens with zero attached hydrogens (tertiary/aromatic N) is 2. The van der Waals surface area contributed by atoms with E-state index in [-0.39, 0.29) is 5.91 Å². The number of likely N-dealkylation sites (N-methyl/N-ethyl adjacent to an activating group) is 1. The standard InChI is InChI=1S/C14H21N3OS/c1-12-5-3-4-6-13(12)19-11-14(18)15-17-9-7-16(2)8-10-17/h3-6H,7-11H2,1-2H3,(H,15,18). The van der Waals surface area contributed by atoms with Crippen LogP contribution in [0.5, 0.6) is 0 Å². The SMILES string of the molecule is Cc1ccccc1SCC(=O)NN1CCN(C)CC1. The van der Waals surface area contributed by atoms with Gasteiger partial charge in [0, 0.05) is 31.1 Å². The molecule has 1 aliphatic heterocycles. The van der Waals surface area contributed by atoms with Crippen molar-refractivity contribution in [3.63, 3.8) is 0 Å². The lowest BCUT2D eigenvalue weighted by Gasteiger charge is -2.32. The molecule has 1 fully saturated rings. The van der Waals surface area contributed by atoms with Crippen LogP contribution < -0.4 is 5.43 Å². The number of benzene rings is 1. The molecule has 0 unspecified atom stereocenters. The van der Waals surface area contributed by atoms with Crippen LogP contribution in [-0.2, 0) is 4.79 Å². The summed E-state index contributed by atoms with van der Waals surface area (Å²) in [6.07, 6.45) is 0. The van der Waals surface area contributed by atoms with Gasteiger partial charge in [0.1, 0.15) is 0 Å². The molecule has 0 bridgehead atoms. The molecule has 0 aliphatic carbocycles. The van der Waals surface area contributed by atoms with E-state index < -0.39 is 0 Å². The largest absolute Gasteiger partial charge is 0.304 e. The van der Waals surface area contributed by atoms with Gasteiger partial charge in [-0.2, -0.15) is 0 Å². The lowest BCUT2D eigenvalue weighted by molar-refractivity contribution is -0.124. The second-order valence-electron chi connectivity index (χ2n) is 4.88. The van der Waals surface area contributed by atoms with E-state index in [2.05, 4.69) is 36.4 Å². The van der Waals surface area contributed by atoms with E-state index in [1.165, 1.54) is 10.5 Å². The van der Waals surface area contributed by atoms with Gasteiger partial charge in [-0.1, -0.05) is 18.2 Å². The normalized spacial score (nSPS) is 17.4. The summed E-state index contributed by atoms with van der Waals surface area (Å²) in [5.74, 6) is 0.551. The van der Waals surface area contributed by atoms with Crippen molar-refractivity contribution in [2.75, 3.05) is 39.0 Å². The Morgan fingerprint density at radius 1 is 1.26 bits per heavy atom. The Kier molecular flexibility index (Phi) is 5.24. The maximum Gasteiger partial charge on any atom is 0.244 e. The number of amides is 1. The highest BCUT2D eigenvalue weighted by Gasteiger charge is 2.15. The molecule has 1 saturated heterocycles. The number of hydrogen-bond acceptors (Lipinski definition) is 4. The van der Waals surface area contributed by atoms with Crippen molar-refractivity contribution in [1.82, 2.24) is 15.3 Å². The quantitative estimate of drug-likeness (QED) is 0.844. The minimum Gasteiger partial charge on any atom is -0.304 e. The van der Waals surface area contributed by atoms with E-state index in [1.807, 2.05) is 17.1 Å². The van der Waals surface area contributed by atoms with Gasteiger partial charge in [-0.3, -0.25) is 10.2 Å². The van der Waals surface area contributed by atoms with Gasteiger partial charge in [-0.25, -0.2) is 5.01 Å². The van der Waals surface area contributed by atoms with Crippen molar-refractivity contribution < 1.29 is 4.79 Å². The first kappa shape index (κ1) is 14.4. The minimum atomic E-state index is 0.0813. The highest BCUT2D eigenvalue weighted by atomic mass is 32.2. The molecule has 1 aromatic rings. The number of carbonyl (C=O) groups excluding carboxylic acids is 1. The molecule has 1 heterocycles. The average Bonchev–Trinajstić information content (AvgIpc) is 2.40. The summed E-state index contributed by atoms with van der Waals surface area (Å²) in [5.41, 5.74) is 4.20. The van der Waals surface area contributed by atoms with Crippen LogP contribution in [0.2, 0.25) is 0 Å². The van der Waals surface area contributed by atoms with E-state index in [1.54, 1.807) is 11.8 Å². The van der Waals surface area contributed by atoms with Crippen molar-refractivity contribution in [1.29, 1.82) is 0 Å². The van der Waals surface area contributed by atoms with Gasteiger partial charge in [0.25, 0.3) is 0 Å². The van der Waals surface area contributed by atoms with Gasteiger partial charge in [-0.15, -0.1) is 11.8 Å². The number of piperazine rings is 1. The highest BCUT2D eigenvalue weighted by molar-refractivity contribution is 8.00. The van der Waals surface area contributed by atoms with Crippen LogP contribution in [-0.4, -0.2) is 54.8 Å². The Labute approximate surface area is 119 Å². The number of nitrogens with one attached hydrogen (secondary N) is 1. The van der Waals surface area contributed by atoms with Gasteiger partial charge in [0.2, 0.25) is 5.91 Å². The van der Waals surface area contributed by atoms with Crippen LogP contribution in [0.4, 0.5) is 0 Å². The first-order valence-corrected chi connectivity index (χ1v) is 7.55. The Hall–Kier alpha value is -1.04. The molecule has 0 saturated carbocycles. The monoisotopic (exact) mass is 279 g/mol. The fourth-order valence-electron chi connectivity index (χ4n) is 1.99. The fraction of sp³-hybridized carbons (Fsp3) is 0.500. The molecule has 0 aromatic heterocycles. The second-order valence-corrected chi connectivity index (χ2v) is 5.90. The van der Waals surface area contributed by atoms with E-state index >= 15 is 0 Å². The third-order valence-electron chi connectivity index (χ3n) is 3.24. The first-order chi connectivity index (χ1) is 9.15. The van der Waals surface area contributed by atoms with Gasteiger partial charge in [0.05, 0.1) is 5.75 Å². The van der Waals surface area contributed by atoms with Crippen LogP contribution >= 0.6 is 11.8 Å². The molecule has 1 aromatic carbocycles. The molecule has 1 N–H and O–H groups in total. The van der Waals surface area contributed by atoms with Crippen LogP contribution in [0, 0.1) is 6.92 Å². The molecular weight excluding hydrogens is 258 g/mol. The van der Waals surface area contributed by atoms with Crippen LogP contribution in [0.3, 0.4) is 0 Å². The summed E-state index contributed by atoms with van der Waals surface area (Å²) < 4.78 is 0. The lowest BCUT2D eigenvalue weighted by atomic mass is 10.2. The van der Waals surface area contributed by atoms with Crippen molar-refractivity contribution in [2.45, 2.75) is 11.8 Å². The summed E-state index contributed by atoms with van der Waals surface area (Å²) in [7, 11) is 2.10. The van der Waals surface area contributed by atoms with Gasteiger partial charge < -0.3 is 4.90 Å². The maximum absolute atomic E-state index is 11.9.